The zero-order valence-electron chi connectivity index (χ0n) is 16.9. The van der Waals surface area contributed by atoms with E-state index < -0.39 is 5.54 Å². The van der Waals surface area contributed by atoms with E-state index in [1.54, 1.807) is 6.07 Å². The SMILES string of the molecule is CC.CC(C)(NSc1cccc(F)c1)C(=O)NC1C2CC3CC(C2)CC1C3. The van der Waals surface area contributed by atoms with Gasteiger partial charge in [0.15, 0.2) is 0 Å². The van der Waals surface area contributed by atoms with Gasteiger partial charge in [0.25, 0.3) is 0 Å². The Morgan fingerprint density at radius 3 is 2.22 bits per heavy atom. The fourth-order valence-corrected chi connectivity index (χ4v) is 6.04. The van der Waals surface area contributed by atoms with Gasteiger partial charge in [-0.1, -0.05) is 19.9 Å². The lowest BCUT2D eigenvalue weighted by Gasteiger charge is -2.54. The van der Waals surface area contributed by atoms with Gasteiger partial charge in [0, 0.05) is 10.9 Å². The van der Waals surface area contributed by atoms with Crippen molar-refractivity contribution >= 4 is 17.9 Å². The second-order valence-electron chi connectivity index (χ2n) is 8.72. The van der Waals surface area contributed by atoms with Crippen LogP contribution < -0.4 is 10.0 Å². The summed E-state index contributed by atoms with van der Waals surface area (Å²) in [6.07, 6.45) is 6.60. The summed E-state index contributed by atoms with van der Waals surface area (Å²) >= 11 is 1.31. The van der Waals surface area contributed by atoms with E-state index in [2.05, 4.69) is 10.0 Å². The average Bonchev–Trinajstić information content (AvgIpc) is 2.64. The third-order valence-electron chi connectivity index (χ3n) is 6.31. The zero-order valence-corrected chi connectivity index (χ0v) is 17.7. The van der Waals surface area contributed by atoms with Crippen LogP contribution in [0.25, 0.3) is 0 Å². The highest BCUT2D eigenvalue weighted by Gasteiger charge is 2.49. The Morgan fingerprint density at radius 1 is 1.07 bits per heavy atom. The second kappa shape index (κ2) is 8.52. The van der Waals surface area contributed by atoms with Gasteiger partial charge in [0.2, 0.25) is 5.91 Å². The molecule has 5 heteroatoms. The van der Waals surface area contributed by atoms with E-state index in [0.29, 0.717) is 17.9 Å². The molecule has 1 aromatic rings. The molecule has 0 radical (unpaired) electrons. The summed E-state index contributed by atoms with van der Waals surface area (Å²) in [6, 6.07) is 6.77. The first-order valence-corrected chi connectivity index (χ1v) is 11.2. The minimum Gasteiger partial charge on any atom is -0.351 e. The minimum absolute atomic E-state index is 0.0499. The molecule has 0 atom stereocenters. The summed E-state index contributed by atoms with van der Waals surface area (Å²) in [4.78, 5) is 13.7. The van der Waals surface area contributed by atoms with Gasteiger partial charge in [-0.15, -0.1) is 0 Å². The number of hydrogen-bond donors (Lipinski definition) is 2. The highest BCUT2D eigenvalue weighted by atomic mass is 32.2. The Morgan fingerprint density at radius 2 is 1.67 bits per heavy atom. The van der Waals surface area contributed by atoms with Crippen LogP contribution in [0, 0.1) is 29.5 Å². The fraction of sp³-hybridized carbons (Fsp3) is 0.682. The molecule has 1 amide bonds. The van der Waals surface area contributed by atoms with E-state index in [0.717, 1.165) is 16.7 Å². The molecular weight excluding hydrogens is 359 g/mol. The van der Waals surface area contributed by atoms with Crippen LogP contribution in [0.4, 0.5) is 4.39 Å². The molecule has 1 aromatic carbocycles. The Bertz CT molecular complexity index is 635. The highest BCUT2D eigenvalue weighted by Crippen LogP contribution is 2.53. The van der Waals surface area contributed by atoms with Gasteiger partial charge in [-0.2, -0.15) is 0 Å². The molecule has 4 saturated carbocycles. The molecule has 5 rings (SSSR count). The topological polar surface area (TPSA) is 41.1 Å². The van der Waals surface area contributed by atoms with Crippen LogP contribution in [0.1, 0.15) is 59.8 Å². The number of hydrogen-bond acceptors (Lipinski definition) is 3. The quantitative estimate of drug-likeness (QED) is 0.680. The van der Waals surface area contributed by atoms with Crippen molar-refractivity contribution in [3.63, 3.8) is 0 Å². The van der Waals surface area contributed by atoms with Crippen LogP contribution in [0.3, 0.4) is 0 Å². The Hall–Kier alpha value is -1.07. The number of nitrogens with one attached hydrogen (secondary N) is 2. The second-order valence-corrected chi connectivity index (χ2v) is 9.60. The largest absolute Gasteiger partial charge is 0.351 e. The first-order chi connectivity index (χ1) is 12.9. The summed E-state index contributed by atoms with van der Waals surface area (Å²) in [6.45, 7) is 7.79. The lowest BCUT2D eigenvalue weighted by Crippen LogP contribution is -2.60. The first-order valence-electron chi connectivity index (χ1n) is 10.4. The van der Waals surface area contributed by atoms with Crippen molar-refractivity contribution in [2.24, 2.45) is 23.7 Å². The maximum absolute atomic E-state index is 13.3. The van der Waals surface area contributed by atoms with Crippen LogP contribution in [-0.2, 0) is 4.79 Å². The maximum atomic E-state index is 13.3. The van der Waals surface area contributed by atoms with Gasteiger partial charge in [-0.3, -0.25) is 4.79 Å². The molecule has 0 aromatic heterocycles. The van der Waals surface area contributed by atoms with E-state index in [4.69, 9.17) is 0 Å². The van der Waals surface area contributed by atoms with E-state index in [1.165, 1.54) is 56.2 Å². The highest BCUT2D eigenvalue weighted by molar-refractivity contribution is 7.97. The molecule has 27 heavy (non-hydrogen) atoms. The molecule has 2 N–H and O–H groups in total. The number of rotatable bonds is 5. The Balaban J connectivity index is 0.00000102. The molecule has 0 aliphatic heterocycles. The molecule has 0 unspecified atom stereocenters. The van der Waals surface area contributed by atoms with Crippen molar-refractivity contribution in [1.29, 1.82) is 0 Å². The van der Waals surface area contributed by atoms with Gasteiger partial charge in [-0.25, -0.2) is 9.11 Å². The van der Waals surface area contributed by atoms with E-state index in [1.807, 2.05) is 33.8 Å². The lowest BCUT2D eigenvalue weighted by atomic mass is 9.54. The van der Waals surface area contributed by atoms with Crippen LogP contribution >= 0.6 is 11.9 Å². The summed E-state index contributed by atoms with van der Waals surface area (Å²) in [7, 11) is 0. The smallest absolute Gasteiger partial charge is 0.240 e. The monoisotopic (exact) mass is 392 g/mol. The van der Waals surface area contributed by atoms with Crippen molar-refractivity contribution < 1.29 is 9.18 Å². The molecule has 4 fully saturated rings. The average molecular weight is 393 g/mol. The molecular formula is C22H33FN2OS. The number of benzene rings is 1. The molecule has 3 nitrogen and oxygen atoms in total. The fourth-order valence-electron chi connectivity index (χ4n) is 5.26. The number of halogens is 1. The van der Waals surface area contributed by atoms with Crippen LogP contribution in [0.2, 0.25) is 0 Å². The third kappa shape index (κ3) is 4.68. The van der Waals surface area contributed by atoms with E-state index in [9.17, 15) is 9.18 Å². The molecule has 4 aliphatic carbocycles. The van der Waals surface area contributed by atoms with Crippen LogP contribution in [0.5, 0.6) is 0 Å². The van der Waals surface area contributed by atoms with Crippen molar-refractivity contribution in [2.45, 2.75) is 76.3 Å². The van der Waals surface area contributed by atoms with Crippen molar-refractivity contribution in [3.8, 4) is 0 Å². The Labute approximate surface area is 167 Å². The maximum Gasteiger partial charge on any atom is 0.240 e. The Kier molecular flexibility index (Phi) is 6.52. The van der Waals surface area contributed by atoms with E-state index >= 15 is 0 Å². The molecule has 4 bridgehead atoms. The van der Waals surface area contributed by atoms with E-state index in [-0.39, 0.29) is 11.7 Å². The molecule has 4 aliphatic rings. The van der Waals surface area contributed by atoms with Gasteiger partial charge in [0.05, 0.1) is 0 Å². The molecule has 150 valence electrons. The third-order valence-corrected chi connectivity index (χ3v) is 7.41. The van der Waals surface area contributed by atoms with Crippen molar-refractivity contribution in [1.82, 2.24) is 10.0 Å². The number of carbonyl (C=O) groups excluding carboxylic acids is 1. The van der Waals surface area contributed by atoms with Crippen molar-refractivity contribution in [2.75, 3.05) is 0 Å². The summed E-state index contributed by atoms with van der Waals surface area (Å²) < 4.78 is 16.5. The molecule has 0 saturated heterocycles. The van der Waals surface area contributed by atoms with Gasteiger partial charge in [-0.05, 0) is 99.8 Å². The standard InChI is InChI=1S/C20H27FN2OS.C2H6/c1-20(2,23-25-17-5-3-4-16(21)11-17)19(24)22-18-14-7-12-6-13(9-14)10-15(18)8-12;1-2/h3-5,11-15,18,23H,6-10H2,1-2H3,(H,22,24);1-2H3. The zero-order chi connectivity index (χ0) is 19.6. The number of amides is 1. The lowest BCUT2D eigenvalue weighted by molar-refractivity contribution is -0.129. The van der Waals surface area contributed by atoms with Gasteiger partial charge >= 0.3 is 0 Å². The van der Waals surface area contributed by atoms with Crippen molar-refractivity contribution in [3.05, 3.63) is 30.1 Å². The minimum atomic E-state index is -0.703. The predicted octanol–water partition coefficient (Wildman–Crippen LogP) is 5.17. The molecule has 0 heterocycles. The van der Waals surface area contributed by atoms with Gasteiger partial charge < -0.3 is 5.32 Å². The molecule has 0 spiro atoms. The van der Waals surface area contributed by atoms with Crippen LogP contribution in [-0.4, -0.2) is 17.5 Å². The predicted molar refractivity (Wildman–Crippen MR) is 110 cm³/mol. The summed E-state index contributed by atoms with van der Waals surface area (Å²) in [5.74, 6) is 2.95. The van der Waals surface area contributed by atoms with Gasteiger partial charge in [0.1, 0.15) is 11.4 Å². The normalized spacial score (nSPS) is 31.2. The van der Waals surface area contributed by atoms with Crippen LogP contribution in [0.15, 0.2) is 29.2 Å². The first kappa shape index (κ1) is 20.7. The summed E-state index contributed by atoms with van der Waals surface area (Å²) in [5.41, 5.74) is -0.703. The summed E-state index contributed by atoms with van der Waals surface area (Å²) in [5, 5.41) is 3.36. The number of carbonyl (C=O) groups is 1.